The van der Waals surface area contributed by atoms with E-state index in [9.17, 15) is 19.5 Å². The molecule has 0 aromatic rings. The number of fused-ring (bicyclic) bond motifs is 1. The fourth-order valence-corrected chi connectivity index (χ4v) is 5.82. The topological polar surface area (TPSA) is 105 Å². The molecule has 28 heavy (non-hydrogen) atoms. The molecule has 0 aromatic carbocycles. The molecular weight excluding hydrogens is 432 g/mol. The fourth-order valence-electron chi connectivity index (χ4n) is 4.87. The van der Waals surface area contributed by atoms with E-state index in [-0.39, 0.29) is 29.9 Å². The summed E-state index contributed by atoms with van der Waals surface area (Å²) in [5, 5.41) is 12.7. The summed E-state index contributed by atoms with van der Waals surface area (Å²) in [6, 6.07) is -1.50. The van der Waals surface area contributed by atoms with Gasteiger partial charge >= 0.3 is 5.97 Å². The van der Waals surface area contributed by atoms with E-state index in [1.54, 1.807) is 13.8 Å². The lowest BCUT2D eigenvalue weighted by molar-refractivity contribution is -0.155. The summed E-state index contributed by atoms with van der Waals surface area (Å²) in [6.07, 6.45) is -0.0922. The van der Waals surface area contributed by atoms with Gasteiger partial charge in [0.2, 0.25) is 11.8 Å². The van der Waals surface area contributed by atoms with Crippen LogP contribution in [0, 0.1) is 11.8 Å². The predicted octanol–water partition coefficient (Wildman–Crippen LogP) is 0.593. The number of carbonyl (C=O) groups excluding carboxylic acids is 3. The minimum Gasteiger partial charge on any atom is -0.466 e. The van der Waals surface area contributed by atoms with Gasteiger partial charge in [-0.2, -0.15) is 0 Å². The standard InChI is InChI=1S/C19H29BrN2O6/c1-6-27-17(26)11-12-16(25)22(9(2)8-23)14(15(24)21-18(3,4)5)19(12)7-10(20)13(11)28-19/h9-14,23H,6-8H2,1-5H3,(H,21,24)/t9-,10?,11-,12+,13-,14-,19+/m1/s1. The Morgan fingerprint density at radius 2 is 2.11 bits per heavy atom. The minimum absolute atomic E-state index is 0.166. The molecule has 7 atom stereocenters. The Morgan fingerprint density at radius 1 is 1.46 bits per heavy atom. The molecule has 0 aliphatic carbocycles. The molecule has 3 fully saturated rings. The van der Waals surface area contributed by atoms with Crippen molar-refractivity contribution < 1.29 is 29.0 Å². The van der Waals surface area contributed by atoms with Crippen molar-refractivity contribution in [2.24, 2.45) is 11.8 Å². The molecule has 3 saturated heterocycles. The van der Waals surface area contributed by atoms with Crippen LogP contribution >= 0.6 is 15.9 Å². The summed E-state index contributed by atoms with van der Waals surface area (Å²) in [5.41, 5.74) is -1.62. The van der Waals surface area contributed by atoms with Crippen LogP contribution in [0.4, 0.5) is 0 Å². The Kier molecular flexibility index (Phi) is 5.57. The second-order valence-corrected chi connectivity index (χ2v) is 10.1. The maximum absolute atomic E-state index is 13.4. The van der Waals surface area contributed by atoms with E-state index in [1.165, 1.54) is 4.90 Å². The number of likely N-dealkylation sites (tertiary alicyclic amines) is 1. The lowest BCUT2D eigenvalue weighted by atomic mass is 9.70. The molecule has 0 radical (unpaired) electrons. The molecule has 1 spiro atoms. The van der Waals surface area contributed by atoms with Gasteiger partial charge in [0.15, 0.2) is 0 Å². The molecule has 3 rings (SSSR count). The predicted molar refractivity (Wildman–Crippen MR) is 104 cm³/mol. The zero-order valence-corrected chi connectivity index (χ0v) is 18.5. The number of rotatable bonds is 5. The highest BCUT2D eigenvalue weighted by atomic mass is 79.9. The molecule has 0 aromatic heterocycles. The molecular formula is C19H29BrN2O6. The summed E-state index contributed by atoms with van der Waals surface area (Å²) < 4.78 is 11.5. The highest BCUT2D eigenvalue weighted by Gasteiger charge is 2.77. The number of carbonyl (C=O) groups is 3. The third-order valence-corrected chi connectivity index (χ3v) is 6.62. The molecule has 3 aliphatic rings. The maximum atomic E-state index is 13.4. The van der Waals surface area contributed by atoms with E-state index in [0.29, 0.717) is 6.42 Å². The Balaban J connectivity index is 2.07. The van der Waals surface area contributed by atoms with Crippen LogP contribution in [0.2, 0.25) is 0 Å². The van der Waals surface area contributed by atoms with Gasteiger partial charge in [-0.1, -0.05) is 15.9 Å². The number of nitrogens with one attached hydrogen (secondary N) is 1. The smallest absolute Gasteiger partial charge is 0.312 e. The Labute approximate surface area is 173 Å². The third kappa shape index (κ3) is 3.15. The normalized spacial score (nSPS) is 37.8. The van der Waals surface area contributed by atoms with Gasteiger partial charge in [0.05, 0.1) is 37.2 Å². The first-order valence-electron chi connectivity index (χ1n) is 9.72. The molecule has 2 amide bonds. The van der Waals surface area contributed by atoms with Crippen molar-refractivity contribution in [3.63, 3.8) is 0 Å². The summed E-state index contributed by atoms with van der Waals surface area (Å²) in [7, 11) is 0. The Bertz CT molecular complexity index is 680. The van der Waals surface area contributed by atoms with Crippen molar-refractivity contribution in [1.29, 1.82) is 0 Å². The number of aliphatic hydroxyl groups excluding tert-OH is 1. The number of hydrogen-bond acceptors (Lipinski definition) is 6. The van der Waals surface area contributed by atoms with Gasteiger partial charge in [-0.05, 0) is 41.0 Å². The van der Waals surface area contributed by atoms with Crippen LogP contribution in [0.3, 0.4) is 0 Å². The number of alkyl halides is 1. The average Bonchev–Trinajstić information content (AvgIpc) is 3.16. The molecule has 0 saturated carbocycles. The van der Waals surface area contributed by atoms with Crippen molar-refractivity contribution in [3.05, 3.63) is 0 Å². The SMILES string of the molecule is CCOC(=O)[C@H]1[C@@H]2O[C@@]3(CC2Br)[C@@H]1C(=O)N([C@H](C)CO)[C@@H]3C(=O)NC(C)(C)C. The monoisotopic (exact) mass is 460 g/mol. The maximum Gasteiger partial charge on any atom is 0.312 e. The highest BCUT2D eigenvalue weighted by molar-refractivity contribution is 9.09. The van der Waals surface area contributed by atoms with E-state index >= 15 is 0 Å². The first kappa shape index (κ1) is 21.5. The van der Waals surface area contributed by atoms with E-state index < -0.39 is 47.1 Å². The third-order valence-electron chi connectivity index (χ3n) is 5.77. The van der Waals surface area contributed by atoms with Gasteiger partial charge in [0, 0.05) is 10.4 Å². The summed E-state index contributed by atoms with van der Waals surface area (Å²) >= 11 is 3.57. The van der Waals surface area contributed by atoms with Gasteiger partial charge in [-0.3, -0.25) is 14.4 Å². The van der Waals surface area contributed by atoms with Gasteiger partial charge in [-0.15, -0.1) is 0 Å². The second-order valence-electron chi connectivity index (χ2n) is 8.93. The van der Waals surface area contributed by atoms with Gasteiger partial charge in [-0.25, -0.2) is 0 Å². The molecule has 9 heteroatoms. The van der Waals surface area contributed by atoms with Crippen molar-refractivity contribution in [2.45, 2.75) is 75.2 Å². The fraction of sp³-hybridized carbons (Fsp3) is 0.842. The lowest BCUT2D eigenvalue weighted by Gasteiger charge is -2.37. The van der Waals surface area contributed by atoms with Crippen LogP contribution < -0.4 is 5.32 Å². The summed E-state index contributed by atoms with van der Waals surface area (Å²) in [5.74, 6) is -2.73. The number of ether oxygens (including phenoxy) is 2. The van der Waals surface area contributed by atoms with Crippen LogP contribution in [0.25, 0.3) is 0 Å². The van der Waals surface area contributed by atoms with Gasteiger partial charge < -0.3 is 24.8 Å². The number of amides is 2. The van der Waals surface area contributed by atoms with Crippen molar-refractivity contribution >= 4 is 33.7 Å². The van der Waals surface area contributed by atoms with E-state index in [2.05, 4.69) is 21.2 Å². The van der Waals surface area contributed by atoms with Gasteiger partial charge in [0.25, 0.3) is 0 Å². The van der Waals surface area contributed by atoms with E-state index in [4.69, 9.17) is 9.47 Å². The first-order valence-corrected chi connectivity index (χ1v) is 10.6. The molecule has 158 valence electrons. The highest BCUT2D eigenvalue weighted by Crippen LogP contribution is 2.60. The van der Waals surface area contributed by atoms with E-state index in [1.807, 2.05) is 20.8 Å². The number of aliphatic hydroxyl groups is 1. The largest absolute Gasteiger partial charge is 0.466 e. The van der Waals surface area contributed by atoms with Crippen LogP contribution in [-0.4, -0.2) is 75.2 Å². The summed E-state index contributed by atoms with van der Waals surface area (Å²) in [4.78, 5) is 40.6. The van der Waals surface area contributed by atoms with E-state index in [0.717, 1.165) is 0 Å². The zero-order chi connectivity index (χ0) is 21.0. The van der Waals surface area contributed by atoms with Crippen LogP contribution in [0.5, 0.6) is 0 Å². The first-order chi connectivity index (χ1) is 13.0. The number of hydrogen-bond donors (Lipinski definition) is 2. The molecule has 2 N–H and O–H groups in total. The lowest BCUT2D eigenvalue weighted by Crippen LogP contribution is -2.60. The van der Waals surface area contributed by atoms with Crippen molar-refractivity contribution in [1.82, 2.24) is 10.2 Å². The Morgan fingerprint density at radius 3 is 2.64 bits per heavy atom. The molecule has 2 bridgehead atoms. The molecule has 3 heterocycles. The summed E-state index contributed by atoms with van der Waals surface area (Å²) in [6.45, 7) is 8.88. The molecule has 1 unspecified atom stereocenters. The Hall–Kier alpha value is -1.19. The number of esters is 1. The zero-order valence-electron chi connectivity index (χ0n) is 16.9. The average molecular weight is 461 g/mol. The van der Waals surface area contributed by atoms with Gasteiger partial charge in [0.1, 0.15) is 11.6 Å². The number of nitrogens with zero attached hydrogens (tertiary/aromatic N) is 1. The quantitative estimate of drug-likeness (QED) is 0.459. The van der Waals surface area contributed by atoms with Crippen molar-refractivity contribution in [2.75, 3.05) is 13.2 Å². The minimum atomic E-state index is -1.12. The molecule has 8 nitrogen and oxygen atoms in total. The van der Waals surface area contributed by atoms with Crippen LogP contribution in [0.15, 0.2) is 0 Å². The second kappa shape index (κ2) is 7.25. The van der Waals surface area contributed by atoms with Crippen LogP contribution in [0.1, 0.15) is 41.0 Å². The molecule has 3 aliphatic heterocycles. The van der Waals surface area contributed by atoms with Crippen molar-refractivity contribution in [3.8, 4) is 0 Å². The number of halogens is 1. The van der Waals surface area contributed by atoms with Crippen LogP contribution in [-0.2, 0) is 23.9 Å².